The number of nitriles is 1. The van der Waals surface area contributed by atoms with Gasteiger partial charge < -0.3 is 15.5 Å². The van der Waals surface area contributed by atoms with Gasteiger partial charge in [0.2, 0.25) is 5.95 Å². The van der Waals surface area contributed by atoms with E-state index in [0.717, 1.165) is 67.2 Å². The molecule has 4 rings (SSSR count). The summed E-state index contributed by atoms with van der Waals surface area (Å²) in [7, 11) is 0. The molecular weight excluding hydrogens is 453 g/mol. The van der Waals surface area contributed by atoms with Crippen LogP contribution in [0.25, 0.3) is 0 Å². The van der Waals surface area contributed by atoms with Crippen LogP contribution in [0.15, 0.2) is 54.6 Å². The minimum Gasteiger partial charge on any atom is -0.355 e. The largest absolute Gasteiger partial charge is 0.416 e. The number of hydrogen-bond acceptors (Lipinski definition) is 6. The second-order valence-corrected chi connectivity index (χ2v) is 8.62. The molecule has 0 unspecified atom stereocenters. The normalized spacial score (nSPS) is 15.7. The smallest absolute Gasteiger partial charge is 0.355 e. The number of aromatic nitrogens is 2. The Labute approximate surface area is 202 Å². The molecule has 2 aromatic carbocycles. The fourth-order valence-corrected chi connectivity index (χ4v) is 4.09. The number of nitrogens with zero attached hydrogens (tertiary/aromatic N) is 4. The van der Waals surface area contributed by atoms with Crippen molar-refractivity contribution >= 4 is 17.5 Å². The van der Waals surface area contributed by atoms with E-state index in [2.05, 4.69) is 33.5 Å². The maximum atomic E-state index is 12.8. The van der Waals surface area contributed by atoms with Crippen molar-refractivity contribution in [2.75, 3.05) is 23.3 Å². The maximum Gasteiger partial charge on any atom is 0.416 e. The lowest BCUT2D eigenvalue weighted by molar-refractivity contribution is -0.137. The van der Waals surface area contributed by atoms with E-state index in [4.69, 9.17) is 10.2 Å². The molecule has 182 valence electrons. The van der Waals surface area contributed by atoms with Crippen LogP contribution in [0.1, 0.15) is 42.1 Å². The highest BCUT2D eigenvalue weighted by molar-refractivity contribution is 5.58. The Morgan fingerprint density at radius 2 is 1.91 bits per heavy atom. The lowest BCUT2D eigenvalue weighted by Gasteiger charge is -2.20. The van der Waals surface area contributed by atoms with Gasteiger partial charge in [0.05, 0.1) is 17.2 Å². The molecule has 1 aliphatic rings. The van der Waals surface area contributed by atoms with Crippen molar-refractivity contribution in [2.45, 2.75) is 44.9 Å². The zero-order valence-electron chi connectivity index (χ0n) is 19.4. The molecule has 1 fully saturated rings. The van der Waals surface area contributed by atoms with Crippen LogP contribution >= 0.6 is 0 Å². The van der Waals surface area contributed by atoms with E-state index in [1.165, 1.54) is 12.1 Å². The fraction of sp³-hybridized carbons (Fsp3) is 0.346. The number of hydrogen-bond donors (Lipinski definition) is 2. The van der Waals surface area contributed by atoms with E-state index in [1.54, 1.807) is 12.1 Å². The van der Waals surface area contributed by atoms with Crippen molar-refractivity contribution in [3.8, 4) is 6.07 Å². The first kappa shape index (κ1) is 24.5. The van der Waals surface area contributed by atoms with Gasteiger partial charge in [0.15, 0.2) is 0 Å². The third-order valence-corrected chi connectivity index (χ3v) is 5.91. The number of nitrogens with one attached hydrogen (secondary N) is 2. The van der Waals surface area contributed by atoms with Gasteiger partial charge in [0.25, 0.3) is 0 Å². The van der Waals surface area contributed by atoms with Crippen molar-refractivity contribution in [1.29, 1.82) is 5.26 Å². The molecule has 2 heterocycles. The Morgan fingerprint density at radius 1 is 1.11 bits per heavy atom. The fourth-order valence-electron chi connectivity index (χ4n) is 4.09. The minimum absolute atomic E-state index is 0.200. The molecule has 0 saturated carbocycles. The molecule has 0 bridgehead atoms. The lowest BCUT2D eigenvalue weighted by atomic mass is 10.1. The average molecular weight is 481 g/mol. The van der Waals surface area contributed by atoms with Gasteiger partial charge in [-0.25, -0.2) is 4.98 Å². The third-order valence-electron chi connectivity index (χ3n) is 5.91. The molecule has 9 heteroatoms. The summed E-state index contributed by atoms with van der Waals surface area (Å²) in [5, 5.41) is 15.8. The molecule has 1 atom stereocenters. The van der Waals surface area contributed by atoms with Gasteiger partial charge in [-0.3, -0.25) is 0 Å². The number of aryl methyl sites for hydroxylation is 1. The van der Waals surface area contributed by atoms with E-state index < -0.39 is 11.7 Å². The van der Waals surface area contributed by atoms with Crippen LogP contribution in [-0.4, -0.2) is 29.1 Å². The molecular formula is C26H27F3N6. The molecule has 0 radical (unpaired) electrons. The van der Waals surface area contributed by atoms with Gasteiger partial charge in [0.1, 0.15) is 5.82 Å². The Bertz CT molecular complexity index is 1190. The van der Waals surface area contributed by atoms with Crippen LogP contribution in [-0.2, 0) is 19.1 Å². The predicted octanol–water partition coefficient (Wildman–Crippen LogP) is 5.43. The Morgan fingerprint density at radius 3 is 2.63 bits per heavy atom. The minimum atomic E-state index is -4.32. The molecule has 1 aliphatic heterocycles. The van der Waals surface area contributed by atoms with Gasteiger partial charge in [-0.2, -0.15) is 23.4 Å². The van der Waals surface area contributed by atoms with Gasteiger partial charge in [-0.1, -0.05) is 31.5 Å². The molecule has 2 N–H and O–H groups in total. The van der Waals surface area contributed by atoms with Gasteiger partial charge in [-0.05, 0) is 48.7 Å². The highest BCUT2D eigenvalue weighted by Crippen LogP contribution is 2.29. The predicted molar refractivity (Wildman–Crippen MR) is 129 cm³/mol. The molecule has 0 amide bonds. The van der Waals surface area contributed by atoms with Gasteiger partial charge in [-0.15, -0.1) is 0 Å². The Kier molecular flexibility index (Phi) is 7.51. The van der Waals surface area contributed by atoms with Gasteiger partial charge in [0, 0.05) is 43.1 Å². The van der Waals surface area contributed by atoms with E-state index in [0.29, 0.717) is 18.1 Å². The molecule has 1 saturated heterocycles. The second kappa shape index (κ2) is 10.7. The monoisotopic (exact) mass is 480 g/mol. The molecule has 3 aromatic rings. The number of halogens is 3. The number of rotatable bonds is 8. The molecule has 35 heavy (non-hydrogen) atoms. The van der Waals surface area contributed by atoms with Crippen LogP contribution in [0.4, 0.5) is 30.6 Å². The summed E-state index contributed by atoms with van der Waals surface area (Å²) in [6.45, 7) is 4.16. The first-order valence-corrected chi connectivity index (χ1v) is 11.6. The molecule has 6 nitrogen and oxygen atoms in total. The van der Waals surface area contributed by atoms with Crippen molar-refractivity contribution in [1.82, 2.24) is 15.3 Å². The first-order valence-electron chi connectivity index (χ1n) is 11.6. The zero-order valence-corrected chi connectivity index (χ0v) is 19.4. The van der Waals surface area contributed by atoms with E-state index >= 15 is 0 Å². The summed E-state index contributed by atoms with van der Waals surface area (Å²) in [5.74, 6) is 1.32. The summed E-state index contributed by atoms with van der Waals surface area (Å²) in [4.78, 5) is 11.6. The zero-order chi connectivity index (χ0) is 24.8. The third kappa shape index (κ3) is 6.49. The highest BCUT2D eigenvalue weighted by Gasteiger charge is 2.30. The van der Waals surface area contributed by atoms with Crippen molar-refractivity contribution in [3.63, 3.8) is 0 Å². The van der Waals surface area contributed by atoms with Crippen LogP contribution in [0.2, 0.25) is 0 Å². The second-order valence-electron chi connectivity index (χ2n) is 8.62. The summed E-state index contributed by atoms with van der Waals surface area (Å²) in [6.07, 6.45) is -1.64. The van der Waals surface area contributed by atoms with Crippen LogP contribution < -0.4 is 15.5 Å². The van der Waals surface area contributed by atoms with Crippen molar-refractivity contribution in [2.24, 2.45) is 0 Å². The van der Waals surface area contributed by atoms with E-state index in [-0.39, 0.29) is 6.04 Å². The maximum absolute atomic E-state index is 12.8. The van der Waals surface area contributed by atoms with E-state index in [9.17, 15) is 13.2 Å². The Balaban J connectivity index is 1.41. The lowest BCUT2D eigenvalue weighted by Crippen LogP contribution is -2.32. The number of anilines is 3. The number of benzene rings is 2. The summed E-state index contributed by atoms with van der Waals surface area (Å²) >= 11 is 0. The topological polar surface area (TPSA) is 76.9 Å². The van der Waals surface area contributed by atoms with Crippen molar-refractivity contribution < 1.29 is 13.2 Å². The average Bonchev–Trinajstić information content (AvgIpc) is 3.32. The van der Waals surface area contributed by atoms with Crippen LogP contribution in [0, 0.1) is 11.3 Å². The first-order chi connectivity index (χ1) is 16.8. The standard InChI is InChI=1S/C26H27F3N6/c1-2-4-21-14-24(34-25(32-21)33-22-6-3-5-19(13-22)15-30)35-12-11-23(17-35)31-16-18-7-9-20(10-8-18)26(27,28)29/h3,5-10,13-14,23,31H,2,4,11-12,16-17H2,1H3,(H,32,33,34)/t23-/m0/s1. The summed E-state index contributed by atoms with van der Waals surface area (Å²) in [6, 6.07) is 16.8. The summed E-state index contributed by atoms with van der Waals surface area (Å²) in [5.41, 5.74) is 2.43. The summed E-state index contributed by atoms with van der Waals surface area (Å²) < 4.78 is 38.3. The Hall–Kier alpha value is -3.64. The van der Waals surface area contributed by atoms with E-state index in [1.807, 2.05) is 18.2 Å². The van der Waals surface area contributed by atoms with Gasteiger partial charge >= 0.3 is 6.18 Å². The molecule has 1 aromatic heterocycles. The van der Waals surface area contributed by atoms with Crippen LogP contribution in [0.3, 0.4) is 0 Å². The highest BCUT2D eigenvalue weighted by atomic mass is 19.4. The number of alkyl halides is 3. The SMILES string of the molecule is CCCc1cc(N2CC[C@H](NCc3ccc(C(F)(F)F)cc3)C2)nc(Nc2cccc(C#N)c2)n1. The molecule has 0 aliphatic carbocycles. The molecule has 0 spiro atoms. The quantitative estimate of drug-likeness (QED) is 0.448. The van der Waals surface area contributed by atoms with Crippen LogP contribution in [0.5, 0.6) is 0 Å². The van der Waals surface area contributed by atoms with Crippen molar-refractivity contribution in [3.05, 3.63) is 77.0 Å².